The van der Waals surface area contributed by atoms with Gasteiger partial charge in [-0.25, -0.2) is 8.42 Å². The number of sulfone groups is 1. The molecule has 0 radical (unpaired) electrons. The van der Waals surface area contributed by atoms with Crippen molar-refractivity contribution in [2.75, 3.05) is 23.7 Å². The summed E-state index contributed by atoms with van der Waals surface area (Å²) < 4.78 is 30.4. The molecule has 0 spiro atoms. The fourth-order valence-corrected chi connectivity index (χ4v) is 3.80. The van der Waals surface area contributed by atoms with Gasteiger partial charge in [0.2, 0.25) is 5.91 Å². The van der Waals surface area contributed by atoms with Crippen LogP contribution in [0.4, 0.5) is 5.69 Å². The van der Waals surface area contributed by atoms with E-state index in [1.165, 1.54) is 19.1 Å². The lowest BCUT2D eigenvalue weighted by molar-refractivity contribution is -0.117. The molecule has 1 heterocycles. The number of benzene rings is 1. The summed E-state index contributed by atoms with van der Waals surface area (Å²) in [5.74, 6) is 0.368. The molecular weight excluding hydrogens is 304 g/mol. The smallest absolute Gasteiger partial charge is 0.224 e. The van der Waals surface area contributed by atoms with Crippen molar-refractivity contribution >= 4 is 21.4 Å². The monoisotopic (exact) mass is 326 g/mol. The molecule has 22 heavy (non-hydrogen) atoms. The molecular formula is C15H22N2O4S. The van der Waals surface area contributed by atoms with Crippen LogP contribution >= 0.6 is 0 Å². The summed E-state index contributed by atoms with van der Waals surface area (Å²) >= 11 is 0. The van der Waals surface area contributed by atoms with Gasteiger partial charge in [0.15, 0.2) is 9.84 Å². The minimum Gasteiger partial charge on any atom is -0.484 e. The van der Waals surface area contributed by atoms with Crippen LogP contribution < -0.4 is 15.4 Å². The van der Waals surface area contributed by atoms with E-state index in [4.69, 9.17) is 10.5 Å². The number of nitrogens with zero attached hydrogens (tertiary/aromatic N) is 1. The van der Waals surface area contributed by atoms with Crippen molar-refractivity contribution in [3.63, 3.8) is 0 Å². The van der Waals surface area contributed by atoms with Crippen molar-refractivity contribution in [1.82, 2.24) is 0 Å². The lowest BCUT2D eigenvalue weighted by Crippen LogP contribution is -2.48. The van der Waals surface area contributed by atoms with Crippen LogP contribution in [-0.4, -0.2) is 38.8 Å². The number of hydrogen-bond donors (Lipinski definition) is 1. The Labute approximate surface area is 131 Å². The molecule has 2 N–H and O–H groups in total. The Kier molecular flexibility index (Phi) is 4.49. The highest BCUT2D eigenvalue weighted by Crippen LogP contribution is 2.38. The molecule has 0 aliphatic carbocycles. The topological polar surface area (TPSA) is 89.7 Å². The van der Waals surface area contributed by atoms with Crippen LogP contribution in [0.5, 0.6) is 5.75 Å². The minimum atomic E-state index is -3.41. The van der Waals surface area contributed by atoms with Crippen LogP contribution in [-0.2, 0) is 14.6 Å². The molecule has 1 aliphatic heterocycles. The standard InChI is InChI=1S/C15H22N2O4S/c1-11(18)17-10-15(2,3)21-14-6-5-12(9-13(14)17)22(19,20)8-4-7-16/h5-6,9H,4,7-8,10,16H2,1-3H3. The van der Waals surface area contributed by atoms with Gasteiger partial charge >= 0.3 is 0 Å². The van der Waals surface area contributed by atoms with Gasteiger partial charge in [-0.15, -0.1) is 0 Å². The van der Waals surface area contributed by atoms with Gasteiger partial charge in [-0.1, -0.05) is 0 Å². The average Bonchev–Trinajstić information content (AvgIpc) is 2.42. The van der Waals surface area contributed by atoms with E-state index in [2.05, 4.69) is 0 Å². The largest absolute Gasteiger partial charge is 0.484 e. The van der Waals surface area contributed by atoms with Gasteiger partial charge in [0.1, 0.15) is 11.4 Å². The van der Waals surface area contributed by atoms with E-state index in [0.717, 1.165) is 0 Å². The number of carbonyl (C=O) groups is 1. The van der Waals surface area contributed by atoms with E-state index < -0.39 is 15.4 Å². The van der Waals surface area contributed by atoms with Crippen molar-refractivity contribution < 1.29 is 17.9 Å². The van der Waals surface area contributed by atoms with Crippen LogP contribution in [0.2, 0.25) is 0 Å². The molecule has 6 nitrogen and oxygen atoms in total. The number of rotatable bonds is 4. The van der Waals surface area contributed by atoms with Crippen LogP contribution in [0.1, 0.15) is 27.2 Å². The Hall–Kier alpha value is -1.60. The minimum absolute atomic E-state index is 0.00525. The van der Waals surface area contributed by atoms with Gasteiger partial charge in [-0.2, -0.15) is 0 Å². The average molecular weight is 326 g/mol. The van der Waals surface area contributed by atoms with Gasteiger partial charge in [0, 0.05) is 6.92 Å². The Balaban J connectivity index is 2.46. The highest BCUT2D eigenvalue weighted by Gasteiger charge is 2.34. The molecule has 2 rings (SSSR count). The predicted molar refractivity (Wildman–Crippen MR) is 84.9 cm³/mol. The third-order valence-corrected chi connectivity index (χ3v) is 5.30. The van der Waals surface area contributed by atoms with Crippen molar-refractivity contribution in [3.8, 4) is 5.75 Å². The number of fused-ring (bicyclic) bond motifs is 1. The molecule has 1 amide bonds. The molecule has 0 atom stereocenters. The number of amides is 1. The number of carbonyl (C=O) groups excluding carboxylic acids is 1. The zero-order valence-electron chi connectivity index (χ0n) is 13.1. The number of hydrogen-bond acceptors (Lipinski definition) is 5. The van der Waals surface area contributed by atoms with Gasteiger partial charge in [0.25, 0.3) is 0 Å². The van der Waals surface area contributed by atoms with Crippen LogP contribution in [0.25, 0.3) is 0 Å². The summed E-state index contributed by atoms with van der Waals surface area (Å²) in [6, 6.07) is 4.64. The summed E-state index contributed by atoms with van der Waals surface area (Å²) in [7, 11) is -3.41. The molecule has 0 unspecified atom stereocenters. The molecule has 1 aromatic carbocycles. The summed E-state index contributed by atoms with van der Waals surface area (Å²) in [5.41, 5.74) is 5.36. The Morgan fingerprint density at radius 1 is 1.41 bits per heavy atom. The second-order valence-electron chi connectivity index (χ2n) is 6.06. The first-order valence-corrected chi connectivity index (χ1v) is 8.85. The Morgan fingerprint density at radius 3 is 2.68 bits per heavy atom. The number of nitrogens with two attached hydrogens (primary N) is 1. The summed E-state index contributed by atoms with van der Waals surface area (Å²) in [6.07, 6.45) is 0.402. The lowest BCUT2D eigenvalue weighted by atomic mass is 10.1. The first kappa shape index (κ1) is 16.8. The van der Waals surface area contributed by atoms with Crippen molar-refractivity contribution in [2.45, 2.75) is 37.7 Å². The number of ether oxygens (including phenoxy) is 1. The fraction of sp³-hybridized carbons (Fsp3) is 0.533. The molecule has 122 valence electrons. The molecule has 0 fully saturated rings. The highest BCUT2D eigenvalue weighted by molar-refractivity contribution is 7.91. The van der Waals surface area contributed by atoms with Gasteiger partial charge in [0.05, 0.1) is 22.9 Å². The predicted octanol–water partition coefficient (Wildman–Crippen LogP) is 1.33. The van der Waals surface area contributed by atoms with Crippen molar-refractivity contribution in [3.05, 3.63) is 18.2 Å². The summed E-state index contributed by atoms with van der Waals surface area (Å²) in [5, 5.41) is 0. The van der Waals surface area contributed by atoms with E-state index in [-0.39, 0.29) is 16.6 Å². The van der Waals surface area contributed by atoms with Gasteiger partial charge < -0.3 is 15.4 Å². The Bertz CT molecular complexity index is 683. The maximum Gasteiger partial charge on any atom is 0.224 e. The second-order valence-corrected chi connectivity index (χ2v) is 8.17. The van der Waals surface area contributed by atoms with E-state index in [0.29, 0.717) is 30.9 Å². The molecule has 0 aromatic heterocycles. The second kappa shape index (κ2) is 5.89. The van der Waals surface area contributed by atoms with Crippen molar-refractivity contribution in [1.29, 1.82) is 0 Å². The summed E-state index contributed by atoms with van der Waals surface area (Å²) in [4.78, 5) is 13.6. The third kappa shape index (κ3) is 3.41. The molecule has 7 heteroatoms. The molecule has 0 bridgehead atoms. The molecule has 1 aromatic rings. The molecule has 0 saturated carbocycles. The summed E-state index contributed by atoms with van der Waals surface area (Å²) in [6.45, 7) is 5.93. The van der Waals surface area contributed by atoms with Crippen LogP contribution in [0.15, 0.2) is 23.1 Å². The van der Waals surface area contributed by atoms with E-state index in [1.54, 1.807) is 11.0 Å². The first-order chi connectivity index (χ1) is 10.2. The Morgan fingerprint density at radius 2 is 2.09 bits per heavy atom. The molecule has 0 saturated heterocycles. The van der Waals surface area contributed by atoms with Crippen molar-refractivity contribution in [2.24, 2.45) is 5.73 Å². The fourth-order valence-electron chi connectivity index (χ4n) is 2.46. The zero-order valence-corrected chi connectivity index (χ0v) is 13.9. The number of anilines is 1. The van der Waals surface area contributed by atoms with E-state index in [1.807, 2.05) is 13.8 Å². The van der Waals surface area contributed by atoms with Gasteiger partial charge in [-0.05, 0) is 45.0 Å². The third-order valence-electron chi connectivity index (χ3n) is 3.50. The lowest BCUT2D eigenvalue weighted by Gasteiger charge is -2.39. The zero-order chi connectivity index (χ0) is 16.5. The first-order valence-electron chi connectivity index (χ1n) is 7.20. The maximum absolute atomic E-state index is 12.3. The quantitative estimate of drug-likeness (QED) is 0.901. The highest BCUT2D eigenvalue weighted by atomic mass is 32.2. The van der Waals surface area contributed by atoms with Gasteiger partial charge in [-0.3, -0.25) is 4.79 Å². The van der Waals surface area contributed by atoms with Crippen LogP contribution in [0.3, 0.4) is 0 Å². The SMILES string of the molecule is CC(=O)N1CC(C)(C)Oc2ccc(S(=O)(=O)CCCN)cc21. The van der Waals surface area contributed by atoms with Crippen LogP contribution in [0, 0.1) is 0 Å². The normalized spacial score (nSPS) is 16.8. The van der Waals surface area contributed by atoms with E-state index in [9.17, 15) is 13.2 Å². The molecule has 1 aliphatic rings. The van der Waals surface area contributed by atoms with E-state index >= 15 is 0 Å². The maximum atomic E-state index is 12.3.